The number of nitro benzene ring substituents is 1. The molecule has 1 aromatic heterocycles. The molecule has 1 aliphatic carbocycles. The van der Waals surface area contributed by atoms with Crippen molar-refractivity contribution in [3.05, 3.63) is 117 Å². The van der Waals surface area contributed by atoms with Gasteiger partial charge in [0.2, 0.25) is 0 Å². The van der Waals surface area contributed by atoms with Crippen LogP contribution in [0.4, 0.5) is 11.4 Å². The van der Waals surface area contributed by atoms with Gasteiger partial charge < -0.3 is 15.4 Å². The van der Waals surface area contributed by atoms with E-state index >= 15 is 0 Å². The van der Waals surface area contributed by atoms with Crippen LogP contribution in [0.2, 0.25) is 0 Å². The summed E-state index contributed by atoms with van der Waals surface area (Å²) >= 11 is 0. The molecule has 192 valence electrons. The Labute approximate surface area is 219 Å². The van der Waals surface area contributed by atoms with Crippen LogP contribution in [-0.4, -0.2) is 28.7 Å². The zero-order valence-corrected chi connectivity index (χ0v) is 20.9. The monoisotopic (exact) mass is 510 g/mol. The van der Waals surface area contributed by atoms with Crippen LogP contribution >= 0.6 is 0 Å². The summed E-state index contributed by atoms with van der Waals surface area (Å²) in [6, 6.07) is 17.2. The van der Waals surface area contributed by atoms with Crippen molar-refractivity contribution in [2.24, 2.45) is 0 Å². The normalized spacial score (nSPS) is 18.9. The van der Waals surface area contributed by atoms with Gasteiger partial charge in [-0.15, -0.1) is 0 Å². The molecule has 2 aromatic carbocycles. The Morgan fingerprint density at radius 3 is 2.58 bits per heavy atom. The molecule has 2 N–H and O–H groups in total. The summed E-state index contributed by atoms with van der Waals surface area (Å²) in [7, 11) is 1.60. The number of dihydropyridines is 1. The average molecular weight is 511 g/mol. The first-order chi connectivity index (χ1) is 18.4. The fourth-order valence-corrected chi connectivity index (χ4v) is 5.24. The van der Waals surface area contributed by atoms with Gasteiger partial charge in [0.1, 0.15) is 5.75 Å². The third kappa shape index (κ3) is 4.78. The molecule has 0 saturated heterocycles. The summed E-state index contributed by atoms with van der Waals surface area (Å²) < 4.78 is 5.26. The molecule has 9 nitrogen and oxygen atoms in total. The number of nitrogens with zero attached hydrogens (tertiary/aromatic N) is 2. The molecule has 0 bridgehead atoms. The van der Waals surface area contributed by atoms with Crippen molar-refractivity contribution in [3.8, 4) is 5.75 Å². The van der Waals surface area contributed by atoms with Crippen LogP contribution in [0.3, 0.4) is 0 Å². The van der Waals surface area contributed by atoms with Gasteiger partial charge in [0.15, 0.2) is 5.78 Å². The number of nitrogens with one attached hydrogen (secondary N) is 2. The number of hydrogen-bond acceptors (Lipinski definition) is 7. The number of benzene rings is 2. The molecule has 38 heavy (non-hydrogen) atoms. The molecular formula is C29H26N4O5. The maximum absolute atomic E-state index is 13.8. The molecule has 0 saturated carbocycles. The number of nitro groups is 1. The van der Waals surface area contributed by atoms with Crippen molar-refractivity contribution in [1.82, 2.24) is 10.3 Å². The molecule has 0 spiro atoms. The smallest absolute Gasteiger partial charge is 0.269 e. The molecule has 5 rings (SSSR count). The van der Waals surface area contributed by atoms with E-state index < -0.39 is 16.7 Å². The summed E-state index contributed by atoms with van der Waals surface area (Å²) in [4.78, 5) is 42.5. The zero-order valence-electron chi connectivity index (χ0n) is 20.9. The van der Waals surface area contributed by atoms with Gasteiger partial charge in [0.25, 0.3) is 11.6 Å². The first-order valence-corrected chi connectivity index (χ1v) is 12.2. The van der Waals surface area contributed by atoms with E-state index in [-0.39, 0.29) is 23.8 Å². The Morgan fingerprint density at radius 2 is 1.89 bits per heavy atom. The van der Waals surface area contributed by atoms with Gasteiger partial charge in [0, 0.05) is 53.2 Å². The second-order valence-corrected chi connectivity index (χ2v) is 9.34. The summed E-state index contributed by atoms with van der Waals surface area (Å²) in [5.74, 6) is -0.581. The number of methoxy groups -OCH3 is 1. The summed E-state index contributed by atoms with van der Waals surface area (Å²) in [5.41, 5.74) is 4.05. The maximum Gasteiger partial charge on any atom is 0.269 e. The van der Waals surface area contributed by atoms with E-state index in [1.54, 1.807) is 44.5 Å². The predicted molar refractivity (Wildman–Crippen MR) is 142 cm³/mol. The lowest BCUT2D eigenvalue weighted by molar-refractivity contribution is -0.384. The minimum Gasteiger partial charge on any atom is -0.497 e. The Morgan fingerprint density at radius 1 is 1.11 bits per heavy atom. The molecular weight excluding hydrogens is 484 g/mol. The number of Topliss-reactive ketones (excluding diaryl/α,β-unsaturated/α-hetero) is 1. The van der Waals surface area contributed by atoms with Gasteiger partial charge in [-0.3, -0.25) is 24.7 Å². The molecule has 2 atom stereocenters. The zero-order chi connectivity index (χ0) is 26.8. The fraction of sp³-hybridized carbons (Fsp3) is 0.207. The van der Waals surface area contributed by atoms with Crippen molar-refractivity contribution < 1.29 is 19.2 Å². The third-order valence-electron chi connectivity index (χ3n) is 6.99. The molecule has 2 heterocycles. The van der Waals surface area contributed by atoms with Crippen LogP contribution in [0.15, 0.2) is 95.6 Å². The minimum absolute atomic E-state index is 0.0519. The van der Waals surface area contributed by atoms with E-state index in [1.165, 1.54) is 18.3 Å². The molecule has 3 aromatic rings. The van der Waals surface area contributed by atoms with Gasteiger partial charge in [-0.2, -0.15) is 0 Å². The van der Waals surface area contributed by atoms with Crippen molar-refractivity contribution in [2.45, 2.75) is 31.6 Å². The highest BCUT2D eigenvalue weighted by Gasteiger charge is 2.41. The highest BCUT2D eigenvalue weighted by atomic mass is 16.6. The number of aromatic nitrogens is 1. The second kappa shape index (κ2) is 10.3. The van der Waals surface area contributed by atoms with Crippen molar-refractivity contribution in [2.75, 3.05) is 12.4 Å². The Hall–Kier alpha value is -4.79. The highest BCUT2D eigenvalue weighted by Crippen LogP contribution is 2.46. The Kier molecular flexibility index (Phi) is 6.74. The van der Waals surface area contributed by atoms with E-state index in [9.17, 15) is 19.7 Å². The number of carbonyl (C=O) groups excluding carboxylic acids is 2. The number of hydrogen-bond donors (Lipinski definition) is 2. The van der Waals surface area contributed by atoms with Crippen LogP contribution in [0.5, 0.6) is 5.75 Å². The number of pyridine rings is 1. The van der Waals surface area contributed by atoms with Gasteiger partial charge in [-0.1, -0.05) is 24.3 Å². The third-order valence-corrected chi connectivity index (χ3v) is 6.99. The van der Waals surface area contributed by atoms with E-state index in [0.29, 0.717) is 34.5 Å². The van der Waals surface area contributed by atoms with Crippen molar-refractivity contribution >= 4 is 23.1 Å². The van der Waals surface area contributed by atoms with Gasteiger partial charge in [-0.05, 0) is 54.7 Å². The van der Waals surface area contributed by atoms with E-state index in [0.717, 1.165) is 17.0 Å². The van der Waals surface area contributed by atoms with Crippen molar-refractivity contribution in [1.29, 1.82) is 0 Å². The quantitative estimate of drug-likeness (QED) is 0.353. The number of ketones is 1. The largest absolute Gasteiger partial charge is 0.497 e. The maximum atomic E-state index is 13.8. The average Bonchev–Trinajstić information content (AvgIpc) is 2.92. The molecule has 1 amide bonds. The number of amides is 1. The van der Waals surface area contributed by atoms with Gasteiger partial charge in [-0.25, -0.2) is 0 Å². The Balaban J connectivity index is 1.57. The fourth-order valence-electron chi connectivity index (χ4n) is 5.24. The Bertz CT molecular complexity index is 1480. The number of rotatable bonds is 6. The standard InChI is InChI=1S/C29H26N4O5/c1-17-26(29(35)32-21-6-4-12-30-16-21)27(19-5-3-7-22(13-19)33(36)37)28-24(31-17)14-20(15-25(28)34)18-8-10-23(38-2)11-9-18/h3-13,16,20,27,31H,14-15H2,1-2H3,(H,32,35). The molecule has 2 unspecified atom stereocenters. The lowest BCUT2D eigenvalue weighted by Crippen LogP contribution is -2.37. The minimum atomic E-state index is -0.757. The molecule has 0 fully saturated rings. The van der Waals surface area contributed by atoms with Crippen LogP contribution in [0.1, 0.15) is 42.7 Å². The molecule has 2 aliphatic rings. The second-order valence-electron chi connectivity index (χ2n) is 9.34. The van der Waals surface area contributed by atoms with E-state index in [1.807, 2.05) is 24.3 Å². The molecule has 0 radical (unpaired) electrons. The number of carbonyl (C=O) groups is 2. The number of non-ortho nitro benzene ring substituents is 1. The van der Waals surface area contributed by atoms with Gasteiger partial charge in [0.05, 0.1) is 23.9 Å². The van der Waals surface area contributed by atoms with Crippen LogP contribution in [-0.2, 0) is 9.59 Å². The van der Waals surface area contributed by atoms with Crippen LogP contribution in [0, 0.1) is 10.1 Å². The van der Waals surface area contributed by atoms with Crippen LogP contribution < -0.4 is 15.4 Å². The molecule has 9 heteroatoms. The molecule has 1 aliphatic heterocycles. The predicted octanol–water partition coefficient (Wildman–Crippen LogP) is 5.00. The summed E-state index contributed by atoms with van der Waals surface area (Å²) in [6.45, 7) is 1.79. The topological polar surface area (TPSA) is 123 Å². The lowest BCUT2D eigenvalue weighted by atomic mass is 9.71. The number of ether oxygens (including phenoxy) is 1. The summed E-state index contributed by atoms with van der Waals surface area (Å²) in [5, 5.41) is 17.7. The lowest BCUT2D eigenvalue weighted by Gasteiger charge is -2.37. The van der Waals surface area contributed by atoms with Gasteiger partial charge >= 0.3 is 0 Å². The summed E-state index contributed by atoms with van der Waals surface area (Å²) in [6.07, 6.45) is 3.95. The SMILES string of the molecule is COc1ccc(C2CC(=O)C3=C(C2)NC(C)=C(C(=O)Nc2cccnc2)C3c2cccc([N+](=O)[O-])c2)cc1. The van der Waals surface area contributed by atoms with E-state index in [4.69, 9.17) is 4.74 Å². The first kappa shape index (κ1) is 24.9. The first-order valence-electron chi connectivity index (χ1n) is 12.2. The van der Waals surface area contributed by atoms with Crippen molar-refractivity contribution in [3.63, 3.8) is 0 Å². The number of allylic oxidation sites excluding steroid dienone is 3. The highest BCUT2D eigenvalue weighted by molar-refractivity contribution is 6.10. The number of anilines is 1. The van der Waals surface area contributed by atoms with E-state index in [2.05, 4.69) is 15.6 Å². The van der Waals surface area contributed by atoms with Crippen LogP contribution in [0.25, 0.3) is 0 Å².